The summed E-state index contributed by atoms with van der Waals surface area (Å²) in [6.07, 6.45) is 1.91. The van der Waals surface area contributed by atoms with E-state index in [-0.39, 0.29) is 6.98 Å². The first-order valence-electron chi connectivity index (χ1n) is 12.5. The van der Waals surface area contributed by atoms with E-state index in [4.69, 9.17) is 9.97 Å². The van der Waals surface area contributed by atoms with E-state index in [0.29, 0.717) is 0 Å². The van der Waals surface area contributed by atoms with Crippen LogP contribution in [0.5, 0.6) is 0 Å². The second-order valence-electron chi connectivity index (χ2n) is 9.50. The van der Waals surface area contributed by atoms with Gasteiger partial charge < -0.3 is 9.62 Å². The van der Waals surface area contributed by atoms with Crippen LogP contribution < -0.4 is 15.1 Å². The van der Waals surface area contributed by atoms with E-state index in [1.807, 2.05) is 30.5 Å². The van der Waals surface area contributed by atoms with Gasteiger partial charge in [-0.3, -0.25) is 4.98 Å². The van der Waals surface area contributed by atoms with Crippen LogP contribution in [0.4, 0.5) is 22.9 Å². The Labute approximate surface area is 215 Å². The van der Waals surface area contributed by atoms with Gasteiger partial charge in [0.15, 0.2) is 0 Å². The van der Waals surface area contributed by atoms with Crippen molar-refractivity contribution in [2.45, 2.75) is 0 Å². The predicted molar refractivity (Wildman–Crippen MR) is 153 cm³/mol. The van der Waals surface area contributed by atoms with Gasteiger partial charge in [-0.05, 0) is 52.5 Å². The van der Waals surface area contributed by atoms with E-state index >= 15 is 0 Å². The molecule has 5 aromatic carbocycles. The first-order chi connectivity index (χ1) is 18.4. The van der Waals surface area contributed by atoms with E-state index in [9.17, 15) is 0 Å². The second-order valence-corrected chi connectivity index (χ2v) is 9.50. The molecule has 0 fully saturated rings. The van der Waals surface area contributed by atoms with Crippen LogP contribution in [0.25, 0.3) is 33.3 Å². The number of anilines is 4. The highest BCUT2D eigenvalue weighted by molar-refractivity contribution is 6.86. The fourth-order valence-electron chi connectivity index (χ4n) is 5.84. The predicted octanol–water partition coefficient (Wildman–Crippen LogP) is 6.96. The van der Waals surface area contributed by atoms with Crippen LogP contribution in [0.3, 0.4) is 0 Å². The summed E-state index contributed by atoms with van der Waals surface area (Å²) in [5.41, 5.74) is 11.5. The number of para-hydroxylation sites is 3. The van der Waals surface area contributed by atoms with Gasteiger partial charge in [-0.2, -0.15) is 0 Å². The van der Waals surface area contributed by atoms with Gasteiger partial charge >= 0.3 is 6.98 Å². The molecule has 0 saturated carbocycles. The highest BCUT2D eigenvalue weighted by Gasteiger charge is 2.48. The Morgan fingerprint density at radius 1 is 0.514 bits per heavy atom. The molecule has 8 rings (SSSR count). The summed E-state index contributed by atoms with van der Waals surface area (Å²) in [5, 5.41) is 0. The number of benzene rings is 5. The first-order valence-corrected chi connectivity index (χ1v) is 12.5. The van der Waals surface area contributed by atoms with E-state index in [0.717, 1.165) is 22.5 Å². The van der Waals surface area contributed by atoms with Crippen molar-refractivity contribution >= 4 is 46.4 Å². The third-order valence-corrected chi connectivity index (χ3v) is 7.47. The Morgan fingerprint density at radius 3 is 2.14 bits per heavy atom. The molecule has 0 unspecified atom stereocenters. The molecule has 2 aliphatic heterocycles. The first kappa shape index (κ1) is 20.3. The van der Waals surface area contributed by atoms with E-state index < -0.39 is 0 Å². The van der Waals surface area contributed by atoms with Crippen LogP contribution in [-0.2, 0) is 0 Å². The van der Waals surface area contributed by atoms with Gasteiger partial charge in [0.25, 0.3) is 0 Å². The average molecular weight is 472 g/mol. The molecule has 37 heavy (non-hydrogen) atoms. The number of hydrogen-bond acceptors (Lipinski definition) is 4. The van der Waals surface area contributed by atoms with Crippen molar-refractivity contribution in [3.05, 3.63) is 128 Å². The summed E-state index contributed by atoms with van der Waals surface area (Å²) in [7, 11) is 0. The molecule has 0 spiro atoms. The molecule has 0 atom stereocenters. The molecule has 0 saturated heterocycles. The monoisotopic (exact) mass is 472 g/mol. The fourth-order valence-corrected chi connectivity index (χ4v) is 5.84. The largest absolute Gasteiger partial charge is 0.422 e. The minimum atomic E-state index is -0.0671. The van der Waals surface area contributed by atoms with Crippen LogP contribution in [0.2, 0.25) is 0 Å². The molecule has 6 aromatic rings. The lowest BCUT2D eigenvalue weighted by molar-refractivity contribution is 1.22. The molecular weight excluding hydrogens is 451 g/mol. The quantitative estimate of drug-likeness (QED) is 0.255. The van der Waals surface area contributed by atoms with Gasteiger partial charge in [0.2, 0.25) is 0 Å². The summed E-state index contributed by atoms with van der Waals surface area (Å²) in [5.74, 6) is 0.842. The van der Waals surface area contributed by atoms with Crippen molar-refractivity contribution in [1.29, 1.82) is 0 Å². The zero-order valence-corrected chi connectivity index (χ0v) is 20.0. The lowest BCUT2D eigenvalue weighted by atomic mass is 9.59. The van der Waals surface area contributed by atoms with Crippen molar-refractivity contribution in [3.63, 3.8) is 0 Å². The zero-order chi connectivity index (χ0) is 24.3. The van der Waals surface area contributed by atoms with E-state index in [1.54, 1.807) is 0 Å². The Kier molecular flexibility index (Phi) is 4.28. The molecule has 0 bridgehead atoms. The zero-order valence-electron chi connectivity index (χ0n) is 20.0. The molecular formula is C32H21BN4. The third kappa shape index (κ3) is 2.98. The van der Waals surface area contributed by atoms with Crippen molar-refractivity contribution in [2.24, 2.45) is 0 Å². The summed E-state index contributed by atoms with van der Waals surface area (Å²) >= 11 is 0. The summed E-state index contributed by atoms with van der Waals surface area (Å²) < 4.78 is 0. The summed E-state index contributed by atoms with van der Waals surface area (Å²) in [6.45, 7) is -0.0671. The Balaban J connectivity index is 1.41. The molecule has 172 valence electrons. The molecule has 4 nitrogen and oxygen atoms in total. The van der Waals surface area contributed by atoms with Crippen LogP contribution in [0.1, 0.15) is 0 Å². The lowest BCUT2D eigenvalue weighted by Crippen LogP contribution is -2.55. The van der Waals surface area contributed by atoms with Crippen molar-refractivity contribution in [3.8, 4) is 22.3 Å². The molecule has 0 amide bonds. The molecule has 0 N–H and O–H groups in total. The molecule has 5 heteroatoms. The number of hydrogen-bond donors (Lipinski definition) is 0. The maximum absolute atomic E-state index is 5.09. The van der Waals surface area contributed by atoms with Crippen LogP contribution in [-0.4, -0.2) is 17.0 Å². The van der Waals surface area contributed by atoms with Crippen LogP contribution in [0, 0.1) is 0 Å². The smallest absolute Gasteiger partial charge is 0.359 e. The number of aromatic nitrogens is 2. The second kappa shape index (κ2) is 7.80. The lowest BCUT2D eigenvalue weighted by Gasteiger charge is -2.36. The fraction of sp³-hybridized carbons (Fsp3) is 0. The van der Waals surface area contributed by atoms with Crippen LogP contribution >= 0.6 is 0 Å². The van der Waals surface area contributed by atoms with Crippen molar-refractivity contribution in [2.75, 3.05) is 9.62 Å². The summed E-state index contributed by atoms with van der Waals surface area (Å²) in [6, 6.07) is 42.8. The van der Waals surface area contributed by atoms with E-state index in [2.05, 4.69) is 107 Å². The van der Waals surface area contributed by atoms with Gasteiger partial charge in [-0.15, -0.1) is 0 Å². The number of rotatable bonds is 2. The average Bonchev–Trinajstić information content (AvgIpc) is 3.32. The Morgan fingerprint density at radius 2 is 1.24 bits per heavy atom. The van der Waals surface area contributed by atoms with Gasteiger partial charge in [0.05, 0.1) is 28.6 Å². The molecule has 1 aromatic heterocycles. The number of nitrogens with zero attached hydrogens (tertiary/aromatic N) is 4. The Hall–Kier alpha value is -4.90. The van der Waals surface area contributed by atoms with Crippen LogP contribution in [0.15, 0.2) is 128 Å². The Bertz CT molecular complexity index is 1820. The third-order valence-electron chi connectivity index (χ3n) is 7.47. The van der Waals surface area contributed by atoms with Gasteiger partial charge in [0, 0.05) is 11.3 Å². The molecule has 0 aliphatic carbocycles. The standard InChI is InChI=1S/C32H21BN4/c1-2-10-22(11-3-1)23-18-19-30-31(20-23)36-29-17-9-5-13-25(29)24-12-4-6-14-26(24)33(36)37(30)32-21-34-27-15-7-8-16-28(27)35-32/h1-21H. The topological polar surface area (TPSA) is 32.3 Å². The van der Waals surface area contributed by atoms with Gasteiger partial charge in [-0.1, -0.05) is 91.0 Å². The van der Waals surface area contributed by atoms with Crippen molar-refractivity contribution in [1.82, 2.24) is 9.97 Å². The maximum atomic E-state index is 5.09. The van der Waals surface area contributed by atoms with Crippen molar-refractivity contribution < 1.29 is 0 Å². The normalized spacial score (nSPS) is 13.2. The molecule has 2 aliphatic rings. The highest BCUT2D eigenvalue weighted by atomic mass is 15.3. The highest BCUT2D eigenvalue weighted by Crippen LogP contribution is 2.51. The number of fused-ring (bicyclic) bond motifs is 9. The minimum Gasteiger partial charge on any atom is -0.359 e. The SMILES string of the molecule is c1ccc(-c2ccc3c(c2)N2B(c4ccccc4-c4ccccc42)N3c2cnc3ccccc3n2)cc1. The summed E-state index contributed by atoms with van der Waals surface area (Å²) in [4.78, 5) is 14.7. The van der Waals surface area contributed by atoms with E-state index in [1.165, 1.54) is 39.1 Å². The maximum Gasteiger partial charge on any atom is 0.422 e. The minimum absolute atomic E-state index is 0.0671. The van der Waals surface area contributed by atoms with Gasteiger partial charge in [-0.25, -0.2) is 4.98 Å². The van der Waals surface area contributed by atoms with Gasteiger partial charge in [0.1, 0.15) is 5.82 Å². The molecule has 0 radical (unpaired) electrons. The molecule has 3 heterocycles.